The number of nitrogens with one attached hydrogen (secondary N) is 1. The van der Waals surface area contributed by atoms with E-state index < -0.39 is 0 Å². The number of hydrogen-bond acceptors (Lipinski definition) is 5. The van der Waals surface area contributed by atoms with E-state index in [0.717, 1.165) is 65.0 Å². The van der Waals surface area contributed by atoms with Gasteiger partial charge in [0.1, 0.15) is 12.4 Å². The largest absolute Gasteiger partial charge is 0.489 e. The molecule has 1 atom stereocenters. The zero-order valence-corrected chi connectivity index (χ0v) is 23.4. The zero-order chi connectivity index (χ0) is 28.7. The lowest BCUT2D eigenvalue weighted by molar-refractivity contribution is 0.0793. The van der Waals surface area contributed by atoms with Crippen LogP contribution in [0.25, 0.3) is 10.9 Å². The summed E-state index contributed by atoms with van der Waals surface area (Å²) < 4.78 is 6.35. The molecule has 1 unspecified atom stereocenters. The SMILES string of the molecule is N#Cc1ccc(OCc2ccccc2)c(C(Cc2ccccc2)Nc2ccnc3cc(C(=O)N4CCCC4)ccc23)c1. The Labute approximate surface area is 246 Å². The van der Waals surface area contributed by atoms with Crippen LogP contribution in [0.5, 0.6) is 5.75 Å². The number of benzene rings is 4. The average Bonchev–Trinajstić information content (AvgIpc) is 3.59. The summed E-state index contributed by atoms with van der Waals surface area (Å²) in [5, 5.41) is 14.4. The van der Waals surface area contributed by atoms with Crippen molar-refractivity contribution in [1.82, 2.24) is 9.88 Å². The maximum Gasteiger partial charge on any atom is 0.253 e. The fourth-order valence-electron chi connectivity index (χ4n) is 5.54. The predicted molar refractivity (Wildman–Crippen MR) is 165 cm³/mol. The number of amides is 1. The van der Waals surface area contributed by atoms with Gasteiger partial charge in [0.15, 0.2) is 0 Å². The highest BCUT2D eigenvalue weighted by Gasteiger charge is 2.22. The molecule has 6 heteroatoms. The van der Waals surface area contributed by atoms with Crippen molar-refractivity contribution in [2.45, 2.75) is 31.9 Å². The lowest BCUT2D eigenvalue weighted by Gasteiger charge is -2.24. The van der Waals surface area contributed by atoms with Gasteiger partial charge < -0.3 is 15.0 Å². The number of nitrogens with zero attached hydrogens (tertiary/aromatic N) is 3. The van der Waals surface area contributed by atoms with Gasteiger partial charge in [-0.2, -0.15) is 5.26 Å². The molecule has 208 valence electrons. The maximum atomic E-state index is 13.0. The molecule has 0 bridgehead atoms. The van der Waals surface area contributed by atoms with Gasteiger partial charge in [0.05, 0.1) is 23.2 Å². The Morgan fingerprint density at radius 1 is 0.905 bits per heavy atom. The van der Waals surface area contributed by atoms with Crippen LogP contribution in [-0.2, 0) is 13.0 Å². The molecule has 1 aliphatic rings. The predicted octanol–water partition coefficient (Wildman–Crippen LogP) is 7.32. The summed E-state index contributed by atoms with van der Waals surface area (Å²) in [6.45, 7) is 2.04. The first-order valence-corrected chi connectivity index (χ1v) is 14.4. The fourth-order valence-corrected chi connectivity index (χ4v) is 5.54. The molecular formula is C36H32N4O2. The lowest BCUT2D eigenvalue weighted by Crippen LogP contribution is -2.27. The summed E-state index contributed by atoms with van der Waals surface area (Å²) in [4.78, 5) is 19.6. The van der Waals surface area contributed by atoms with Crippen LogP contribution in [-0.4, -0.2) is 28.9 Å². The number of rotatable bonds is 9. The first kappa shape index (κ1) is 27.0. The summed E-state index contributed by atoms with van der Waals surface area (Å²) in [7, 11) is 0. The number of hydrogen-bond donors (Lipinski definition) is 1. The van der Waals surface area contributed by atoms with Gasteiger partial charge >= 0.3 is 0 Å². The minimum Gasteiger partial charge on any atom is -0.489 e. The third kappa shape index (κ3) is 6.11. The van der Waals surface area contributed by atoms with Gasteiger partial charge in [-0.3, -0.25) is 9.78 Å². The van der Waals surface area contributed by atoms with E-state index in [0.29, 0.717) is 24.2 Å². The second kappa shape index (κ2) is 12.6. The summed E-state index contributed by atoms with van der Waals surface area (Å²) in [5.41, 5.74) is 6.02. The first-order chi connectivity index (χ1) is 20.7. The number of anilines is 1. The summed E-state index contributed by atoms with van der Waals surface area (Å²) >= 11 is 0. The number of carbonyl (C=O) groups is 1. The van der Waals surface area contributed by atoms with Crippen molar-refractivity contribution >= 4 is 22.5 Å². The molecule has 4 aromatic carbocycles. The number of likely N-dealkylation sites (tertiary alicyclic amines) is 1. The first-order valence-electron chi connectivity index (χ1n) is 14.4. The highest BCUT2D eigenvalue weighted by Crippen LogP contribution is 2.34. The van der Waals surface area contributed by atoms with Crippen LogP contribution >= 0.6 is 0 Å². The molecule has 6 nitrogen and oxygen atoms in total. The Balaban J connectivity index is 1.36. The standard InChI is InChI=1S/C36H32N4O2/c37-24-28-13-16-35(42-25-27-11-5-2-6-12-27)31(21-28)34(22-26-9-3-1-4-10-26)39-32-17-18-38-33-23-29(14-15-30(32)33)36(41)40-19-7-8-20-40/h1-6,9-18,21,23,34H,7-8,19-20,22,25H2,(H,38,39). The molecule has 0 spiro atoms. The number of fused-ring (bicyclic) bond motifs is 1. The molecule has 0 saturated carbocycles. The van der Waals surface area contributed by atoms with Crippen LogP contribution in [0.1, 0.15) is 51.5 Å². The quantitative estimate of drug-likeness (QED) is 0.207. The number of carbonyl (C=O) groups excluding carboxylic acids is 1. The van der Waals surface area contributed by atoms with E-state index in [2.05, 4.69) is 28.5 Å². The molecule has 42 heavy (non-hydrogen) atoms. The molecule has 1 aromatic heterocycles. The lowest BCUT2D eigenvalue weighted by atomic mass is 9.95. The zero-order valence-electron chi connectivity index (χ0n) is 23.4. The van der Waals surface area contributed by atoms with E-state index in [-0.39, 0.29) is 11.9 Å². The van der Waals surface area contributed by atoms with Gasteiger partial charge in [-0.25, -0.2) is 0 Å². The normalized spacial score (nSPS) is 13.5. The highest BCUT2D eigenvalue weighted by molar-refractivity contribution is 6.00. The summed E-state index contributed by atoms with van der Waals surface area (Å²) in [6.07, 6.45) is 4.55. The second-order valence-electron chi connectivity index (χ2n) is 10.6. The molecule has 0 radical (unpaired) electrons. The molecule has 0 aliphatic carbocycles. The van der Waals surface area contributed by atoms with E-state index in [9.17, 15) is 10.1 Å². The van der Waals surface area contributed by atoms with Crippen LogP contribution < -0.4 is 10.1 Å². The highest BCUT2D eigenvalue weighted by atomic mass is 16.5. The van der Waals surface area contributed by atoms with E-state index in [4.69, 9.17) is 4.74 Å². The molecule has 5 aromatic rings. The third-order valence-corrected chi connectivity index (χ3v) is 7.75. The molecule has 1 fully saturated rings. The van der Waals surface area contributed by atoms with Crippen LogP contribution in [0.15, 0.2) is 109 Å². The Hall–Kier alpha value is -5.15. The van der Waals surface area contributed by atoms with Gasteiger partial charge in [0.25, 0.3) is 5.91 Å². The Kier molecular flexibility index (Phi) is 8.09. The smallest absolute Gasteiger partial charge is 0.253 e. The maximum absolute atomic E-state index is 13.0. The van der Waals surface area contributed by atoms with Gasteiger partial charge in [-0.15, -0.1) is 0 Å². The van der Waals surface area contributed by atoms with Crippen molar-refractivity contribution in [3.8, 4) is 11.8 Å². The van der Waals surface area contributed by atoms with Crippen molar-refractivity contribution in [3.63, 3.8) is 0 Å². The summed E-state index contributed by atoms with van der Waals surface area (Å²) in [5.74, 6) is 0.785. The van der Waals surface area contributed by atoms with E-state index in [1.165, 1.54) is 0 Å². The van der Waals surface area contributed by atoms with Crippen LogP contribution in [0.4, 0.5) is 5.69 Å². The van der Waals surface area contributed by atoms with Crippen LogP contribution in [0, 0.1) is 11.3 Å². The van der Waals surface area contributed by atoms with Crippen molar-refractivity contribution in [3.05, 3.63) is 137 Å². The molecule has 1 saturated heterocycles. The Bertz CT molecular complexity index is 1720. The number of nitriles is 1. The monoisotopic (exact) mass is 552 g/mol. The Morgan fingerprint density at radius 2 is 1.64 bits per heavy atom. The van der Waals surface area contributed by atoms with Gasteiger partial charge in [-0.05, 0) is 72.9 Å². The number of pyridine rings is 1. The second-order valence-corrected chi connectivity index (χ2v) is 10.6. The van der Waals surface area contributed by atoms with Crippen molar-refractivity contribution in [2.75, 3.05) is 18.4 Å². The molecular weight excluding hydrogens is 520 g/mol. The minimum absolute atomic E-state index is 0.0602. The van der Waals surface area contributed by atoms with Gasteiger partial charge in [0, 0.05) is 41.5 Å². The molecule has 1 amide bonds. The third-order valence-electron chi connectivity index (χ3n) is 7.75. The summed E-state index contributed by atoms with van der Waals surface area (Å²) in [6, 6.07) is 35.7. The molecule has 6 rings (SSSR count). The molecule has 1 aliphatic heterocycles. The molecule has 2 heterocycles. The number of aromatic nitrogens is 1. The van der Waals surface area contributed by atoms with Crippen molar-refractivity contribution < 1.29 is 9.53 Å². The van der Waals surface area contributed by atoms with E-state index in [1.807, 2.05) is 89.8 Å². The minimum atomic E-state index is -0.206. The average molecular weight is 553 g/mol. The van der Waals surface area contributed by atoms with Crippen LogP contribution in [0.3, 0.4) is 0 Å². The van der Waals surface area contributed by atoms with Crippen molar-refractivity contribution in [1.29, 1.82) is 5.26 Å². The van der Waals surface area contributed by atoms with E-state index >= 15 is 0 Å². The van der Waals surface area contributed by atoms with Crippen LogP contribution in [0.2, 0.25) is 0 Å². The Morgan fingerprint density at radius 3 is 2.38 bits per heavy atom. The van der Waals surface area contributed by atoms with E-state index in [1.54, 1.807) is 12.3 Å². The topological polar surface area (TPSA) is 78.2 Å². The van der Waals surface area contributed by atoms with Gasteiger partial charge in [-0.1, -0.05) is 60.7 Å². The van der Waals surface area contributed by atoms with Crippen molar-refractivity contribution in [2.24, 2.45) is 0 Å². The molecule has 1 N–H and O–H groups in total. The van der Waals surface area contributed by atoms with Gasteiger partial charge in [0.2, 0.25) is 0 Å². The fraction of sp³-hybridized carbons (Fsp3) is 0.194. The number of ether oxygens (including phenoxy) is 1.